The van der Waals surface area contributed by atoms with E-state index in [0.29, 0.717) is 22.6 Å². The Morgan fingerprint density at radius 1 is 0.607 bits per heavy atom. The van der Waals surface area contributed by atoms with Crippen molar-refractivity contribution < 1.29 is 18.9 Å². The van der Waals surface area contributed by atoms with Crippen LogP contribution < -0.4 is 10.6 Å². The average Bonchev–Trinajstić information content (AvgIpc) is 3.27. The van der Waals surface area contributed by atoms with Gasteiger partial charge in [0.2, 0.25) is 0 Å². The molecule has 6 heteroatoms. The molecule has 0 N–H and O–H groups in total. The highest BCUT2D eigenvalue weighted by atomic mass is 31.1. The van der Waals surface area contributed by atoms with Gasteiger partial charge >= 0.3 is 0 Å². The molecular formula is C22H36O4P2. The van der Waals surface area contributed by atoms with Gasteiger partial charge in [-0.3, -0.25) is 0 Å². The van der Waals surface area contributed by atoms with Gasteiger partial charge in [0.1, 0.15) is 0 Å². The molecule has 2 aliphatic heterocycles. The highest BCUT2D eigenvalue weighted by molar-refractivity contribution is 7.73. The maximum absolute atomic E-state index is 5.63. The van der Waals surface area contributed by atoms with Crippen LogP contribution in [0.1, 0.15) is 25.7 Å². The van der Waals surface area contributed by atoms with Gasteiger partial charge in [0.15, 0.2) is 0 Å². The summed E-state index contributed by atoms with van der Waals surface area (Å²) >= 11 is 0. The second-order valence-corrected chi connectivity index (χ2v) is 13.4. The van der Waals surface area contributed by atoms with Crippen molar-refractivity contribution in [3.8, 4) is 0 Å². The summed E-state index contributed by atoms with van der Waals surface area (Å²) in [6.45, 7) is 3.45. The Morgan fingerprint density at radius 3 is 1.14 bits per heavy atom. The van der Waals surface area contributed by atoms with Crippen molar-refractivity contribution in [1.82, 2.24) is 0 Å². The molecule has 28 heavy (non-hydrogen) atoms. The smallest absolute Gasteiger partial charge is 0.0532 e. The fraction of sp³-hybridized carbons (Fsp3) is 0.727. The van der Waals surface area contributed by atoms with E-state index in [1.807, 2.05) is 28.4 Å². The van der Waals surface area contributed by atoms with Crippen LogP contribution in [-0.4, -0.2) is 77.5 Å². The molecule has 0 radical (unpaired) electrons. The van der Waals surface area contributed by atoms with Gasteiger partial charge in [0.25, 0.3) is 0 Å². The van der Waals surface area contributed by atoms with Crippen molar-refractivity contribution in [2.75, 3.05) is 54.9 Å². The molecule has 3 rings (SSSR count). The highest BCUT2D eigenvalue weighted by Crippen LogP contribution is 2.59. The van der Waals surface area contributed by atoms with Gasteiger partial charge in [0.05, 0.1) is 26.4 Å². The predicted octanol–water partition coefficient (Wildman–Crippen LogP) is 3.55. The van der Waals surface area contributed by atoms with Gasteiger partial charge in [0, 0.05) is 51.1 Å². The lowest BCUT2D eigenvalue weighted by Gasteiger charge is -2.33. The van der Waals surface area contributed by atoms with E-state index in [-0.39, 0.29) is 15.8 Å². The molecule has 0 aromatic heterocycles. The quantitative estimate of drug-likeness (QED) is 0.537. The first-order chi connectivity index (χ1) is 13.7. The zero-order valence-corrected chi connectivity index (χ0v) is 19.6. The Hall–Kier alpha value is -0.0800. The zero-order valence-electron chi connectivity index (χ0n) is 17.8. The zero-order chi connectivity index (χ0) is 19.9. The first-order valence-electron chi connectivity index (χ1n) is 10.4. The second-order valence-electron chi connectivity index (χ2n) is 7.89. The molecule has 4 unspecified atom stereocenters. The van der Waals surface area contributed by atoms with Crippen LogP contribution in [0.4, 0.5) is 0 Å². The van der Waals surface area contributed by atoms with Crippen molar-refractivity contribution in [1.29, 1.82) is 0 Å². The van der Waals surface area contributed by atoms with Crippen LogP contribution in [0, 0.1) is 0 Å². The highest BCUT2D eigenvalue weighted by Gasteiger charge is 2.42. The molecule has 1 aromatic rings. The summed E-state index contributed by atoms with van der Waals surface area (Å²) in [4.78, 5) is 0. The molecule has 2 saturated heterocycles. The molecule has 2 heterocycles. The Bertz CT molecular complexity index is 521. The summed E-state index contributed by atoms with van der Waals surface area (Å²) in [5.41, 5.74) is 2.56. The van der Waals surface area contributed by atoms with Gasteiger partial charge in [-0.05, 0) is 36.3 Å². The summed E-state index contributed by atoms with van der Waals surface area (Å²) in [5.74, 6) is 0. The number of ether oxygens (including phenoxy) is 4. The topological polar surface area (TPSA) is 36.9 Å². The third-order valence-corrected chi connectivity index (χ3v) is 13.0. The molecule has 0 spiro atoms. The van der Waals surface area contributed by atoms with Crippen LogP contribution in [-0.2, 0) is 18.9 Å². The number of hydrogen-bond acceptors (Lipinski definition) is 4. The molecule has 1 aromatic carbocycles. The van der Waals surface area contributed by atoms with E-state index >= 15 is 0 Å². The normalized spacial score (nSPS) is 32.9. The summed E-state index contributed by atoms with van der Waals surface area (Å²) in [7, 11) is 6.79. The summed E-state index contributed by atoms with van der Waals surface area (Å²) in [5, 5.41) is 3.21. The summed E-state index contributed by atoms with van der Waals surface area (Å²) < 4.78 is 22.5. The molecule has 2 fully saturated rings. The van der Waals surface area contributed by atoms with Crippen molar-refractivity contribution in [2.45, 2.75) is 48.3 Å². The van der Waals surface area contributed by atoms with E-state index in [4.69, 9.17) is 18.9 Å². The third-order valence-electron chi connectivity index (χ3n) is 6.11. The SMILES string of the molecule is COCC1CC[C@H](COC)P1c1ccccc1P1C(COC)CC[C@@H]1COC. The Morgan fingerprint density at radius 2 is 0.893 bits per heavy atom. The van der Waals surface area contributed by atoms with Crippen molar-refractivity contribution in [2.24, 2.45) is 0 Å². The molecule has 0 aliphatic carbocycles. The van der Waals surface area contributed by atoms with Gasteiger partial charge < -0.3 is 18.9 Å². The number of rotatable bonds is 10. The minimum absolute atomic E-state index is 0.288. The van der Waals surface area contributed by atoms with Gasteiger partial charge in [-0.25, -0.2) is 0 Å². The van der Waals surface area contributed by atoms with E-state index in [1.54, 1.807) is 10.6 Å². The van der Waals surface area contributed by atoms with Crippen LogP contribution in [0.25, 0.3) is 0 Å². The van der Waals surface area contributed by atoms with Crippen molar-refractivity contribution >= 4 is 26.5 Å². The first-order valence-corrected chi connectivity index (χ1v) is 13.3. The number of hydrogen-bond donors (Lipinski definition) is 0. The second kappa shape index (κ2) is 11.3. The monoisotopic (exact) mass is 426 g/mol. The molecule has 6 atom stereocenters. The van der Waals surface area contributed by atoms with E-state index in [2.05, 4.69) is 24.3 Å². The van der Waals surface area contributed by atoms with E-state index in [9.17, 15) is 0 Å². The third kappa shape index (κ3) is 4.97. The molecule has 158 valence electrons. The lowest BCUT2D eigenvalue weighted by atomic mass is 10.2. The van der Waals surface area contributed by atoms with Gasteiger partial charge in [-0.2, -0.15) is 0 Å². The largest absolute Gasteiger partial charge is 0.384 e. The standard InChI is InChI=1S/C22H36O4P2/c1-23-13-17-9-10-18(14-24-2)27(17)21-7-5-6-8-22(21)28-19(15-25-3)11-12-20(28)16-26-4/h5-8,17-20H,9-16H2,1-4H3/t17-,18?,19-,20?,27?,28?/m1/s1. The molecular weight excluding hydrogens is 390 g/mol. The van der Waals surface area contributed by atoms with E-state index < -0.39 is 0 Å². The fourth-order valence-electron chi connectivity index (χ4n) is 5.03. The lowest BCUT2D eigenvalue weighted by Crippen LogP contribution is -2.33. The Balaban J connectivity index is 1.98. The van der Waals surface area contributed by atoms with Gasteiger partial charge in [-0.1, -0.05) is 40.1 Å². The van der Waals surface area contributed by atoms with Crippen molar-refractivity contribution in [3.05, 3.63) is 24.3 Å². The van der Waals surface area contributed by atoms with Crippen LogP contribution in [0.15, 0.2) is 24.3 Å². The van der Waals surface area contributed by atoms with Crippen LogP contribution in [0.5, 0.6) is 0 Å². The van der Waals surface area contributed by atoms with E-state index in [0.717, 1.165) is 26.4 Å². The number of methoxy groups -OCH3 is 4. The Labute approximate surface area is 173 Å². The van der Waals surface area contributed by atoms with Crippen LogP contribution in [0.3, 0.4) is 0 Å². The summed E-state index contributed by atoms with van der Waals surface area (Å²) in [6.07, 6.45) is 5.01. The first kappa shape index (κ1) is 22.6. The maximum atomic E-state index is 5.63. The molecule has 0 saturated carbocycles. The summed E-state index contributed by atoms with van der Waals surface area (Å²) in [6, 6.07) is 9.28. The van der Waals surface area contributed by atoms with Gasteiger partial charge in [-0.15, -0.1) is 0 Å². The molecule has 4 nitrogen and oxygen atoms in total. The average molecular weight is 426 g/mol. The molecule has 2 aliphatic rings. The maximum Gasteiger partial charge on any atom is 0.0532 e. The number of benzene rings is 1. The van der Waals surface area contributed by atoms with Crippen LogP contribution >= 0.6 is 15.8 Å². The Kier molecular flexibility index (Phi) is 9.16. The lowest BCUT2D eigenvalue weighted by molar-refractivity contribution is 0.194. The van der Waals surface area contributed by atoms with Crippen molar-refractivity contribution in [3.63, 3.8) is 0 Å². The minimum atomic E-state index is -0.288. The fourth-order valence-corrected chi connectivity index (χ4v) is 12.6. The minimum Gasteiger partial charge on any atom is -0.384 e. The molecule has 0 amide bonds. The predicted molar refractivity (Wildman–Crippen MR) is 121 cm³/mol. The molecule has 0 bridgehead atoms. The van der Waals surface area contributed by atoms with E-state index in [1.165, 1.54) is 25.7 Å². The van der Waals surface area contributed by atoms with Crippen LogP contribution in [0.2, 0.25) is 0 Å².